The molecule has 0 unspecified atom stereocenters. The Hall–Kier alpha value is -2.33. The van der Waals surface area contributed by atoms with Crippen LogP contribution in [0.4, 0.5) is 0 Å². The molecule has 134 valence electrons. The average molecular weight is 339 g/mol. The minimum Gasteiger partial charge on any atom is -0.372 e. The van der Waals surface area contributed by atoms with Crippen molar-refractivity contribution in [2.75, 3.05) is 6.54 Å². The van der Waals surface area contributed by atoms with Crippen molar-refractivity contribution in [2.24, 2.45) is 16.6 Å². The molecule has 0 bridgehead atoms. The molecule has 0 heterocycles. The fourth-order valence-corrected chi connectivity index (χ4v) is 2.32. The number of guanidine groups is 1. The first kappa shape index (κ1) is 19.0. The van der Waals surface area contributed by atoms with E-state index >= 15 is 0 Å². The molecule has 0 aliphatic rings. The van der Waals surface area contributed by atoms with Crippen LogP contribution in [0.15, 0.2) is 59.6 Å². The number of benzene rings is 2. The second-order valence-electron chi connectivity index (χ2n) is 6.61. The molecule has 0 radical (unpaired) electrons. The summed E-state index contributed by atoms with van der Waals surface area (Å²) in [5.41, 5.74) is 9.36. The van der Waals surface area contributed by atoms with E-state index in [9.17, 15) is 0 Å². The zero-order valence-corrected chi connectivity index (χ0v) is 15.2. The fourth-order valence-electron chi connectivity index (χ4n) is 2.32. The Morgan fingerprint density at radius 3 is 2.20 bits per heavy atom. The van der Waals surface area contributed by atoms with Gasteiger partial charge in [-0.15, -0.1) is 0 Å². The highest BCUT2D eigenvalue weighted by atomic mass is 16.5. The third kappa shape index (κ3) is 7.86. The molecule has 0 amide bonds. The van der Waals surface area contributed by atoms with Crippen molar-refractivity contribution in [3.63, 3.8) is 0 Å². The van der Waals surface area contributed by atoms with Crippen LogP contribution in [-0.2, 0) is 24.5 Å². The van der Waals surface area contributed by atoms with E-state index in [2.05, 4.69) is 60.6 Å². The molecule has 4 heteroatoms. The quantitative estimate of drug-likeness (QED) is 0.539. The molecule has 0 spiro atoms. The van der Waals surface area contributed by atoms with Gasteiger partial charge in [-0.05, 0) is 29.0 Å². The van der Waals surface area contributed by atoms with Crippen molar-refractivity contribution < 1.29 is 4.74 Å². The molecular weight excluding hydrogens is 310 g/mol. The first-order valence-corrected chi connectivity index (χ1v) is 8.87. The van der Waals surface area contributed by atoms with E-state index in [1.165, 1.54) is 5.56 Å². The number of aliphatic imine (C=N–C) groups is 1. The van der Waals surface area contributed by atoms with Crippen LogP contribution < -0.4 is 11.1 Å². The van der Waals surface area contributed by atoms with Crippen LogP contribution in [0.3, 0.4) is 0 Å². The number of hydrogen-bond donors (Lipinski definition) is 2. The van der Waals surface area contributed by atoms with Crippen LogP contribution in [0.5, 0.6) is 0 Å². The van der Waals surface area contributed by atoms with Gasteiger partial charge in [-0.25, -0.2) is 4.99 Å². The number of rotatable bonds is 9. The van der Waals surface area contributed by atoms with Crippen LogP contribution >= 0.6 is 0 Å². The second-order valence-corrected chi connectivity index (χ2v) is 6.61. The Labute approximate surface area is 151 Å². The topological polar surface area (TPSA) is 59.6 Å². The third-order valence-corrected chi connectivity index (χ3v) is 3.86. The summed E-state index contributed by atoms with van der Waals surface area (Å²) in [4.78, 5) is 4.37. The van der Waals surface area contributed by atoms with Gasteiger partial charge in [-0.1, -0.05) is 68.4 Å². The van der Waals surface area contributed by atoms with Crippen LogP contribution in [-0.4, -0.2) is 12.5 Å². The monoisotopic (exact) mass is 339 g/mol. The summed E-state index contributed by atoms with van der Waals surface area (Å²) in [7, 11) is 0. The minimum absolute atomic E-state index is 0.510. The molecule has 25 heavy (non-hydrogen) atoms. The van der Waals surface area contributed by atoms with Crippen LogP contribution in [0.25, 0.3) is 0 Å². The lowest BCUT2D eigenvalue weighted by Gasteiger charge is -2.08. The predicted octanol–water partition coefficient (Wildman–Crippen LogP) is 3.85. The Morgan fingerprint density at radius 2 is 1.56 bits per heavy atom. The van der Waals surface area contributed by atoms with Crippen LogP contribution in [0.2, 0.25) is 0 Å². The maximum absolute atomic E-state index is 5.88. The van der Waals surface area contributed by atoms with Gasteiger partial charge in [0, 0.05) is 6.54 Å². The van der Waals surface area contributed by atoms with E-state index in [0.717, 1.165) is 24.1 Å². The molecule has 2 rings (SSSR count). The minimum atomic E-state index is 0.510. The second kappa shape index (κ2) is 10.5. The first-order chi connectivity index (χ1) is 12.1. The Bertz CT molecular complexity index is 636. The highest BCUT2D eigenvalue weighted by Gasteiger charge is 1.98. The molecule has 0 fully saturated rings. The Morgan fingerprint density at radius 1 is 0.960 bits per heavy atom. The Balaban J connectivity index is 1.72. The summed E-state index contributed by atoms with van der Waals surface area (Å²) in [6, 6.07) is 18.5. The van der Waals surface area contributed by atoms with Gasteiger partial charge in [0.15, 0.2) is 5.96 Å². The Kier molecular flexibility index (Phi) is 7.99. The van der Waals surface area contributed by atoms with Crippen molar-refractivity contribution in [3.05, 3.63) is 71.3 Å². The molecule has 2 aromatic carbocycles. The number of nitrogens with two attached hydrogens (primary N) is 1. The summed E-state index contributed by atoms with van der Waals surface area (Å²) in [5.74, 6) is 1.17. The van der Waals surface area contributed by atoms with Gasteiger partial charge in [0.05, 0.1) is 19.8 Å². The van der Waals surface area contributed by atoms with Gasteiger partial charge in [0.2, 0.25) is 0 Å². The molecule has 4 nitrogen and oxygen atoms in total. The van der Waals surface area contributed by atoms with Crippen LogP contribution in [0.1, 0.15) is 37.0 Å². The third-order valence-electron chi connectivity index (χ3n) is 3.86. The van der Waals surface area contributed by atoms with Crippen molar-refractivity contribution in [1.82, 2.24) is 5.32 Å². The maximum Gasteiger partial charge on any atom is 0.188 e. The lowest BCUT2D eigenvalue weighted by atomic mass is 10.1. The summed E-state index contributed by atoms with van der Waals surface area (Å²) >= 11 is 0. The zero-order chi connectivity index (χ0) is 17.9. The van der Waals surface area contributed by atoms with Gasteiger partial charge < -0.3 is 15.8 Å². The van der Waals surface area contributed by atoms with Gasteiger partial charge in [-0.3, -0.25) is 0 Å². The fraction of sp³-hybridized carbons (Fsp3) is 0.381. The van der Waals surface area contributed by atoms with Gasteiger partial charge in [-0.2, -0.15) is 0 Å². The van der Waals surface area contributed by atoms with Crippen molar-refractivity contribution in [1.29, 1.82) is 0 Å². The summed E-state index contributed by atoms with van der Waals surface area (Å²) in [5, 5.41) is 3.15. The zero-order valence-electron chi connectivity index (χ0n) is 15.2. The van der Waals surface area contributed by atoms with Crippen molar-refractivity contribution in [2.45, 2.75) is 40.0 Å². The molecule has 2 aromatic rings. The smallest absolute Gasteiger partial charge is 0.188 e. The van der Waals surface area contributed by atoms with Gasteiger partial charge in [0.1, 0.15) is 0 Å². The number of nitrogens with one attached hydrogen (secondary N) is 1. The average Bonchev–Trinajstić information content (AvgIpc) is 2.62. The molecular formula is C21H29N3O. The lowest BCUT2D eigenvalue weighted by Crippen LogP contribution is -2.32. The van der Waals surface area contributed by atoms with E-state index in [1.807, 2.05) is 18.2 Å². The first-order valence-electron chi connectivity index (χ1n) is 8.87. The summed E-state index contributed by atoms with van der Waals surface area (Å²) in [6.07, 6.45) is 1.09. The molecule has 0 aliphatic carbocycles. The van der Waals surface area contributed by atoms with E-state index in [1.54, 1.807) is 0 Å². The summed E-state index contributed by atoms with van der Waals surface area (Å²) < 4.78 is 5.75. The maximum atomic E-state index is 5.88. The molecule has 3 N–H and O–H groups in total. The van der Waals surface area contributed by atoms with E-state index in [-0.39, 0.29) is 0 Å². The normalized spacial score (nSPS) is 11.7. The molecule has 0 aromatic heterocycles. The standard InChI is InChI=1S/C21H29N3O/c1-17(2)12-13-23-21(22)24-14-18-8-10-20(11-9-18)16-25-15-19-6-4-3-5-7-19/h3-11,17H,12-16H2,1-2H3,(H3,22,23,24). The highest BCUT2D eigenvalue weighted by molar-refractivity contribution is 5.77. The molecule has 0 atom stereocenters. The molecule has 0 aliphatic heterocycles. The molecule has 0 saturated carbocycles. The van der Waals surface area contributed by atoms with E-state index in [4.69, 9.17) is 10.5 Å². The largest absolute Gasteiger partial charge is 0.372 e. The SMILES string of the molecule is CC(C)CCNC(N)=NCc1ccc(COCc2ccccc2)cc1. The lowest BCUT2D eigenvalue weighted by molar-refractivity contribution is 0.107. The van der Waals surface area contributed by atoms with Crippen LogP contribution in [0, 0.1) is 5.92 Å². The number of hydrogen-bond acceptors (Lipinski definition) is 2. The van der Waals surface area contributed by atoms with Crippen molar-refractivity contribution in [3.8, 4) is 0 Å². The van der Waals surface area contributed by atoms with E-state index in [0.29, 0.717) is 31.6 Å². The van der Waals surface area contributed by atoms with Gasteiger partial charge >= 0.3 is 0 Å². The highest BCUT2D eigenvalue weighted by Crippen LogP contribution is 2.09. The van der Waals surface area contributed by atoms with E-state index < -0.39 is 0 Å². The molecule has 0 saturated heterocycles. The van der Waals surface area contributed by atoms with Gasteiger partial charge in [0.25, 0.3) is 0 Å². The predicted molar refractivity (Wildman–Crippen MR) is 104 cm³/mol. The number of ether oxygens (including phenoxy) is 1. The van der Waals surface area contributed by atoms with Crippen molar-refractivity contribution >= 4 is 5.96 Å². The summed E-state index contributed by atoms with van der Waals surface area (Å²) in [6.45, 7) is 7.08. The number of nitrogens with zero attached hydrogens (tertiary/aromatic N) is 1.